The molecule has 7 heteroatoms. The number of carbonyl (C=O) groups excluding carboxylic acids is 1. The van der Waals surface area contributed by atoms with Gasteiger partial charge >= 0.3 is 0 Å². The third-order valence-electron chi connectivity index (χ3n) is 3.18. The van der Waals surface area contributed by atoms with Crippen molar-refractivity contribution in [2.75, 3.05) is 31.6 Å². The zero-order valence-corrected chi connectivity index (χ0v) is 11.5. The van der Waals surface area contributed by atoms with Crippen LogP contribution in [0.25, 0.3) is 0 Å². The van der Waals surface area contributed by atoms with Crippen LogP contribution >= 0.6 is 0 Å². The van der Waals surface area contributed by atoms with Crippen molar-refractivity contribution in [1.29, 1.82) is 0 Å². The van der Waals surface area contributed by atoms with Crippen molar-refractivity contribution < 1.29 is 9.53 Å². The number of nitrogens with one attached hydrogen (secondary N) is 2. The van der Waals surface area contributed by atoms with Gasteiger partial charge in [-0.05, 0) is 44.5 Å². The van der Waals surface area contributed by atoms with Crippen molar-refractivity contribution in [2.45, 2.75) is 25.4 Å². The zero-order chi connectivity index (χ0) is 14.2. The fourth-order valence-corrected chi connectivity index (χ4v) is 2.06. The molecule has 1 aliphatic heterocycles. The molecular formula is C13H21N5O2. The molecule has 2 rings (SSSR count). The lowest BCUT2D eigenvalue weighted by molar-refractivity contribution is 0.0329. The summed E-state index contributed by atoms with van der Waals surface area (Å²) in [6, 6.07) is 3.25. The summed E-state index contributed by atoms with van der Waals surface area (Å²) >= 11 is 0. The van der Waals surface area contributed by atoms with Crippen molar-refractivity contribution in [3.8, 4) is 0 Å². The standard InChI is InChI=1S/C13H21N5O2/c14-13(19)11-2-3-12(18-17-11)16-6-1-9-20-10-4-7-15-8-5-10/h2-3,10,15H,1,4-9H2,(H2,14,19)(H,16,18). The van der Waals surface area contributed by atoms with Crippen LogP contribution in [0.1, 0.15) is 29.8 Å². The zero-order valence-electron chi connectivity index (χ0n) is 11.5. The molecule has 1 saturated heterocycles. The van der Waals surface area contributed by atoms with Gasteiger partial charge in [0.2, 0.25) is 0 Å². The van der Waals surface area contributed by atoms with Gasteiger partial charge in [0.1, 0.15) is 5.82 Å². The number of piperidine rings is 1. The second kappa shape index (κ2) is 7.76. The molecule has 0 radical (unpaired) electrons. The highest BCUT2D eigenvalue weighted by Gasteiger charge is 2.12. The molecule has 0 spiro atoms. The molecule has 4 N–H and O–H groups in total. The molecule has 1 aromatic rings. The van der Waals surface area contributed by atoms with E-state index >= 15 is 0 Å². The lowest BCUT2D eigenvalue weighted by atomic mass is 10.1. The number of rotatable bonds is 7. The summed E-state index contributed by atoms with van der Waals surface area (Å²) in [5.41, 5.74) is 5.26. The van der Waals surface area contributed by atoms with E-state index in [9.17, 15) is 4.79 Å². The normalized spacial score (nSPS) is 16.0. The Hall–Kier alpha value is -1.73. The summed E-state index contributed by atoms with van der Waals surface area (Å²) in [6.45, 7) is 3.59. The third kappa shape index (κ3) is 4.75. The Morgan fingerprint density at radius 3 is 2.85 bits per heavy atom. The number of nitrogens with two attached hydrogens (primary N) is 1. The highest BCUT2D eigenvalue weighted by molar-refractivity contribution is 5.90. The van der Waals surface area contributed by atoms with E-state index in [0.717, 1.165) is 45.5 Å². The van der Waals surface area contributed by atoms with Gasteiger partial charge in [-0.3, -0.25) is 4.79 Å². The summed E-state index contributed by atoms with van der Waals surface area (Å²) < 4.78 is 5.79. The molecule has 1 amide bonds. The lowest BCUT2D eigenvalue weighted by Gasteiger charge is -2.22. The molecule has 7 nitrogen and oxygen atoms in total. The van der Waals surface area contributed by atoms with Crippen LogP contribution in [0, 0.1) is 0 Å². The topological polar surface area (TPSA) is 102 Å². The van der Waals surface area contributed by atoms with Crippen LogP contribution in [-0.4, -0.2) is 48.4 Å². The molecule has 20 heavy (non-hydrogen) atoms. The predicted molar refractivity (Wildman–Crippen MR) is 75.5 cm³/mol. The number of aromatic nitrogens is 2. The first-order valence-corrected chi connectivity index (χ1v) is 6.95. The van der Waals surface area contributed by atoms with Crippen LogP contribution in [0.3, 0.4) is 0 Å². The molecule has 1 fully saturated rings. The number of amides is 1. The largest absolute Gasteiger partial charge is 0.378 e. The van der Waals surface area contributed by atoms with Crippen molar-refractivity contribution in [1.82, 2.24) is 15.5 Å². The van der Waals surface area contributed by atoms with Crippen LogP contribution in [0.2, 0.25) is 0 Å². The van der Waals surface area contributed by atoms with Gasteiger partial charge in [0.05, 0.1) is 6.10 Å². The van der Waals surface area contributed by atoms with E-state index in [4.69, 9.17) is 10.5 Å². The van der Waals surface area contributed by atoms with Crippen molar-refractivity contribution in [2.24, 2.45) is 5.73 Å². The predicted octanol–water partition coefficient (Wildman–Crippen LogP) is 0.146. The molecule has 1 aromatic heterocycles. The minimum absolute atomic E-state index is 0.171. The molecule has 0 aliphatic carbocycles. The molecule has 0 aromatic carbocycles. The highest BCUT2D eigenvalue weighted by atomic mass is 16.5. The Morgan fingerprint density at radius 1 is 1.40 bits per heavy atom. The van der Waals surface area contributed by atoms with Gasteiger partial charge in [0.25, 0.3) is 5.91 Å². The van der Waals surface area contributed by atoms with Gasteiger partial charge < -0.3 is 21.1 Å². The number of ether oxygens (including phenoxy) is 1. The van der Waals surface area contributed by atoms with Gasteiger partial charge in [-0.25, -0.2) is 0 Å². The minimum Gasteiger partial charge on any atom is -0.378 e. The number of primary amides is 1. The fraction of sp³-hybridized carbons (Fsp3) is 0.615. The Kier molecular flexibility index (Phi) is 5.69. The number of carbonyl (C=O) groups is 1. The average Bonchev–Trinajstić information content (AvgIpc) is 2.48. The molecule has 0 unspecified atom stereocenters. The van der Waals surface area contributed by atoms with Crippen LogP contribution < -0.4 is 16.4 Å². The van der Waals surface area contributed by atoms with Crippen LogP contribution in [0.15, 0.2) is 12.1 Å². The van der Waals surface area contributed by atoms with Crippen molar-refractivity contribution >= 4 is 11.7 Å². The summed E-state index contributed by atoms with van der Waals surface area (Å²) in [6.07, 6.45) is 3.48. The van der Waals surface area contributed by atoms with E-state index < -0.39 is 5.91 Å². The number of anilines is 1. The van der Waals surface area contributed by atoms with Crippen LogP contribution in [0.5, 0.6) is 0 Å². The molecular weight excluding hydrogens is 258 g/mol. The van der Waals surface area contributed by atoms with Gasteiger partial charge in [0.15, 0.2) is 5.69 Å². The summed E-state index contributed by atoms with van der Waals surface area (Å²) in [4.78, 5) is 10.8. The van der Waals surface area contributed by atoms with Crippen LogP contribution in [0.4, 0.5) is 5.82 Å². The number of nitrogens with zero attached hydrogens (tertiary/aromatic N) is 2. The smallest absolute Gasteiger partial charge is 0.269 e. The molecule has 2 heterocycles. The van der Waals surface area contributed by atoms with E-state index in [2.05, 4.69) is 20.8 Å². The monoisotopic (exact) mass is 279 g/mol. The molecule has 1 aliphatic rings. The van der Waals surface area contributed by atoms with Gasteiger partial charge in [-0.2, -0.15) is 0 Å². The van der Waals surface area contributed by atoms with E-state index in [0.29, 0.717) is 11.9 Å². The van der Waals surface area contributed by atoms with E-state index in [1.807, 2.05) is 0 Å². The second-order valence-electron chi connectivity index (χ2n) is 4.77. The van der Waals surface area contributed by atoms with E-state index in [1.54, 1.807) is 12.1 Å². The highest BCUT2D eigenvalue weighted by Crippen LogP contribution is 2.07. The Labute approximate surface area is 118 Å². The summed E-state index contributed by atoms with van der Waals surface area (Å²) in [5.74, 6) is 0.0660. The maximum Gasteiger partial charge on any atom is 0.269 e. The SMILES string of the molecule is NC(=O)c1ccc(NCCCOC2CCNCC2)nn1. The number of hydrogen-bond donors (Lipinski definition) is 3. The quantitative estimate of drug-likeness (QED) is 0.614. The van der Waals surface area contributed by atoms with E-state index in [1.165, 1.54) is 0 Å². The maximum absolute atomic E-state index is 10.8. The molecule has 0 bridgehead atoms. The van der Waals surface area contributed by atoms with Gasteiger partial charge in [-0.15, -0.1) is 10.2 Å². The average molecular weight is 279 g/mol. The van der Waals surface area contributed by atoms with Crippen molar-refractivity contribution in [3.63, 3.8) is 0 Å². The third-order valence-corrected chi connectivity index (χ3v) is 3.18. The summed E-state index contributed by atoms with van der Waals surface area (Å²) in [7, 11) is 0. The lowest BCUT2D eigenvalue weighted by Crippen LogP contribution is -2.32. The Balaban J connectivity index is 1.59. The van der Waals surface area contributed by atoms with Crippen LogP contribution in [-0.2, 0) is 4.74 Å². The summed E-state index contributed by atoms with van der Waals surface area (Å²) in [5, 5.41) is 14.0. The second-order valence-corrected chi connectivity index (χ2v) is 4.77. The van der Waals surface area contributed by atoms with Gasteiger partial charge in [0, 0.05) is 13.2 Å². The minimum atomic E-state index is -0.570. The molecule has 110 valence electrons. The first-order valence-electron chi connectivity index (χ1n) is 6.95. The molecule has 0 saturated carbocycles. The van der Waals surface area contributed by atoms with Gasteiger partial charge in [-0.1, -0.05) is 0 Å². The fourth-order valence-electron chi connectivity index (χ4n) is 2.06. The van der Waals surface area contributed by atoms with Crippen molar-refractivity contribution in [3.05, 3.63) is 17.8 Å². The first kappa shape index (κ1) is 14.7. The Bertz CT molecular complexity index is 417. The Morgan fingerprint density at radius 2 is 2.20 bits per heavy atom. The maximum atomic E-state index is 10.8. The first-order chi connectivity index (χ1) is 9.75. The van der Waals surface area contributed by atoms with E-state index in [-0.39, 0.29) is 5.69 Å². The number of hydrogen-bond acceptors (Lipinski definition) is 6. The molecule has 0 atom stereocenters.